The molecule has 0 aliphatic heterocycles. The van der Waals surface area contributed by atoms with Crippen molar-refractivity contribution in [1.82, 2.24) is 0 Å². The van der Waals surface area contributed by atoms with Crippen molar-refractivity contribution in [3.05, 3.63) is 47.1 Å². The maximum atomic E-state index is 11.3. The number of aromatic hydroxyl groups is 1. The number of phenolic OH excluding ortho intramolecular Hbond substituents is 1. The molecule has 1 aliphatic rings. The van der Waals surface area contributed by atoms with Crippen LogP contribution < -0.4 is 4.18 Å². The van der Waals surface area contributed by atoms with Crippen LogP contribution in [0.2, 0.25) is 0 Å². The van der Waals surface area contributed by atoms with Crippen LogP contribution in [0.4, 0.5) is 0 Å². The fraction of sp³-hybridized carbons (Fsp3) is 0.524. The van der Waals surface area contributed by atoms with Crippen LogP contribution in [0.3, 0.4) is 0 Å². The summed E-state index contributed by atoms with van der Waals surface area (Å²) in [5.41, 5.74) is 3.21. The van der Waals surface area contributed by atoms with Crippen molar-refractivity contribution >= 4 is 10.4 Å². The molecule has 0 bridgehead atoms. The first-order chi connectivity index (χ1) is 12.6. The van der Waals surface area contributed by atoms with E-state index in [0.717, 1.165) is 48.8 Å². The number of unbranched alkanes of at least 4 members (excludes halogenated alkanes) is 2. The highest BCUT2D eigenvalue weighted by Crippen LogP contribution is 2.47. The second kappa shape index (κ2) is 8.93. The molecular formula is C21H29O5S-. The van der Waals surface area contributed by atoms with Gasteiger partial charge in [0.2, 0.25) is 0 Å². The van der Waals surface area contributed by atoms with Crippen molar-refractivity contribution in [3.63, 3.8) is 0 Å². The van der Waals surface area contributed by atoms with Gasteiger partial charge in [0.25, 0.3) is 10.4 Å². The molecule has 0 radical (unpaired) electrons. The Morgan fingerprint density at radius 2 is 2.07 bits per heavy atom. The lowest BCUT2D eigenvalue weighted by atomic mass is 9.73. The molecule has 0 unspecified atom stereocenters. The Hall–Kier alpha value is -1.79. The minimum Gasteiger partial charge on any atom is -0.716 e. The molecule has 1 aliphatic carbocycles. The minimum absolute atomic E-state index is 0.0372. The Labute approximate surface area is 162 Å². The third-order valence-electron chi connectivity index (χ3n) is 5.15. The van der Waals surface area contributed by atoms with Crippen LogP contribution >= 0.6 is 0 Å². The predicted molar refractivity (Wildman–Crippen MR) is 106 cm³/mol. The van der Waals surface area contributed by atoms with E-state index in [9.17, 15) is 18.1 Å². The Balaban J connectivity index is 2.55. The third kappa shape index (κ3) is 5.84. The highest BCUT2D eigenvalue weighted by Gasteiger charge is 2.31. The average molecular weight is 394 g/mol. The van der Waals surface area contributed by atoms with Crippen LogP contribution in [0, 0.1) is 5.92 Å². The van der Waals surface area contributed by atoms with Crippen molar-refractivity contribution in [3.8, 4) is 11.5 Å². The monoisotopic (exact) mass is 393 g/mol. The van der Waals surface area contributed by atoms with E-state index in [2.05, 4.69) is 13.5 Å². The average Bonchev–Trinajstić information content (AvgIpc) is 2.53. The van der Waals surface area contributed by atoms with Crippen molar-refractivity contribution in [2.45, 2.75) is 65.2 Å². The molecule has 0 saturated carbocycles. The Morgan fingerprint density at radius 3 is 2.67 bits per heavy atom. The van der Waals surface area contributed by atoms with Gasteiger partial charge in [0.15, 0.2) is 0 Å². The summed E-state index contributed by atoms with van der Waals surface area (Å²) in [6, 6.07) is 3.23. The molecule has 0 heterocycles. The lowest BCUT2D eigenvalue weighted by Gasteiger charge is -2.32. The zero-order valence-electron chi connectivity index (χ0n) is 16.3. The zero-order valence-corrected chi connectivity index (χ0v) is 17.1. The molecule has 5 nitrogen and oxygen atoms in total. The highest BCUT2D eigenvalue weighted by atomic mass is 32.3. The second-order valence-electron chi connectivity index (χ2n) is 7.51. The molecule has 1 aromatic rings. The van der Waals surface area contributed by atoms with E-state index in [4.69, 9.17) is 4.18 Å². The molecule has 27 heavy (non-hydrogen) atoms. The normalized spacial score (nSPS) is 20.2. The zero-order chi connectivity index (χ0) is 20.2. The van der Waals surface area contributed by atoms with E-state index < -0.39 is 10.4 Å². The van der Waals surface area contributed by atoms with Gasteiger partial charge in [-0.15, -0.1) is 0 Å². The molecule has 1 aromatic carbocycles. The summed E-state index contributed by atoms with van der Waals surface area (Å²) in [4.78, 5) is 0. The molecule has 6 heteroatoms. The summed E-state index contributed by atoms with van der Waals surface area (Å²) >= 11 is 0. The summed E-state index contributed by atoms with van der Waals surface area (Å²) in [5.74, 6) is -0.344. The quantitative estimate of drug-likeness (QED) is 0.291. The van der Waals surface area contributed by atoms with Crippen LogP contribution in [0.15, 0.2) is 35.9 Å². The minimum atomic E-state index is -4.95. The maximum Gasteiger partial charge on any atom is 0.262 e. The molecule has 1 N–H and O–H groups in total. The number of rotatable bonds is 8. The number of hydrogen-bond acceptors (Lipinski definition) is 5. The molecule has 2 rings (SSSR count). The highest BCUT2D eigenvalue weighted by molar-refractivity contribution is 7.81. The molecular weight excluding hydrogens is 364 g/mol. The molecule has 2 atom stereocenters. The van der Waals surface area contributed by atoms with E-state index in [1.54, 1.807) is 12.1 Å². The van der Waals surface area contributed by atoms with Crippen LogP contribution in [0.25, 0.3) is 0 Å². The van der Waals surface area contributed by atoms with Gasteiger partial charge in [0.05, 0.1) is 0 Å². The van der Waals surface area contributed by atoms with Gasteiger partial charge in [-0.3, -0.25) is 0 Å². The van der Waals surface area contributed by atoms with Gasteiger partial charge >= 0.3 is 0 Å². The summed E-state index contributed by atoms with van der Waals surface area (Å²) < 4.78 is 38.7. The Morgan fingerprint density at radius 1 is 1.37 bits per heavy atom. The molecule has 150 valence electrons. The van der Waals surface area contributed by atoms with Gasteiger partial charge in [-0.05, 0) is 63.1 Å². The second-order valence-corrected chi connectivity index (χ2v) is 8.49. The first-order valence-corrected chi connectivity index (χ1v) is 10.8. The number of phenols is 1. The van der Waals surface area contributed by atoms with Crippen molar-refractivity contribution in [1.29, 1.82) is 0 Å². The third-order valence-corrected chi connectivity index (χ3v) is 5.54. The smallest absolute Gasteiger partial charge is 0.262 e. The van der Waals surface area contributed by atoms with Crippen LogP contribution in [-0.2, 0) is 16.8 Å². The largest absolute Gasteiger partial charge is 0.716 e. The Bertz CT molecular complexity index is 823. The van der Waals surface area contributed by atoms with E-state index in [1.165, 1.54) is 0 Å². The van der Waals surface area contributed by atoms with Gasteiger partial charge in [-0.1, -0.05) is 43.6 Å². The molecule has 0 spiro atoms. The summed E-state index contributed by atoms with van der Waals surface area (Å²) in [6.45, 7) is 10.1. The summed E-state index contributed by atoms with van der Waals surface area (Å²) in [5, 5.41) is 10.7. The summed E-state index contributed by atoms with van der Waals surface area (Å²) in [7, 11) is -4.95. The van der Waals surface area contributed by atoms with Gasteiger partial charge in [0.1, 0.15) is 11.5 Å². The molecule has 0 amide bonds. The van der Waals surface area contributed by atoms with Gasteiger partial charge < -0.3 is 13.8 Å². The number of hydrogen-bond donors (Lipinski definition) is 1. The first-order valence-electron chi connectivity index (χ1n) is 9.46. The van der Waals surface area contributed by atoms with Gasteiger partial charge in [-0.25, -0.2) is 8.42 Å². The van der Waals surface area contributed by atoms with E-state index in [0.29, 0.717) is 12.0 Å². The fourth-order valence-corrected chi connectivity index (χ4v) is 4.17. The van der Waals surface area contributed by atoms with Gasteiger partial charge in [0, 0.05) is 11.5 Å². The van der Waals surface area contributed by atoms with Gasteiger partial charge in [-0.2, -0.15) is 0 Å². The van der Waals surface area contributed by atoms with E-state index >= 15 is 0 Å². The predicted octanol–water partition coefficient (Wildman–Crippen LogP) is 4.98. The van der Waals surface area contributed by atoms with Crippen molar-refractivity contribution in [2.24, 2.45) is 5.92 Å². The fourth-order valence-electron chi connectivity index (χ4n) is 3.81. The number of benzene rings is 1. The van der Waals surface area contributed by atoms with E-state index in [-0.39, 0.29) is 23.3 Å². The number of allylic oxidation sites excluding steroid dienone is 3. The lowest BCUT2D eigenvalue weighted by molar-refractivity contribution is 0.364. The Kier molecular flexibility index (Phi) is 7.12. The van der Waals surface area contributed by atoms with E-state index in [1.807, 2.05) is 19.9 Å². The molecule has 0 aromatic heterocycles. The maximum absolute atomic E-state index is 11.3. The SMILES string of the molecule is C=C(C)[C@@H]1CCC(C)=C[C@H]1c1c(O)cc(CCCCC)cc1OS(=O)(=O)[O-]. The van der Waals surface area contributed by atoms with Crippen LogP contribution in [0.1, 0.15) is 69.9 Å². The van der Waals surface area contributed by atoms with Crippen molar-refractivity contribution < 1.29 is 22.3 Å². The molecule has 0 fully saturated rings. The standard InChI is InChI=1S/C21H30O5S/c1-5-6-7-8-16-12-19(22)21(20(13-16)26-27(23,24)25)18-11-15(4)9-10-17(18)14(2)3/h11-13,17-18,22H,2,5-10H2,1,3-4H3,(H,23,24,25)/p-1/t17-,18+/m0/s1. The van der Waals surface area contributed by atoms with Crippen molar-refractivity contribution in [2.75, 3.05) is 0 Å². The van der Waals surface area contributed by atoms with Crippen LogP contribution in [0.5, 0.6) is 11.5 Å². The number of aryl methyl sites for hydroxylation is 1. The summed E-state index contributed by atoms with van der Waals surface area (Å²) in [6.07, 6.45) is 7.45. The first kappa shape index (κ1) is 21.5. The van der Waals surface area contributed by atoms with Crippen LogP contribution in [-0.4, -0.2) is 18.1 Å². The topological polar surface area (TPSA) is 86.7 Å². The molecule has 0 saturated heterocycles. The lowest BCUT2D eigenvalue weighted by Crippen LogP contribution is -2.19.